The van der Waals surface area contributed by atoms with E-state index in [4.69, 9.17) is 4.74 Å². The molecular weight excluding hydrogens is 402 g/mol. The van der Waals surface area contributed by atoms with Gasteiger partial charge in [0.25, 0.3) is 0 Å². The van der Waals surface area contributed by atoms with E-state index in [1.807, 2.05) is 24.3 Å². The Morgan fingerprint density at radius 3 is 2.77 bits per heavy atom. The minimum absolute atomic E-state index is 0.0938. The van der Waals surface area contributed by atoms with Crippen LogP contribution in [0.4, 0.5) is 14.6 Å². The zero-order valence-corrected chi connectivity index (χ0v) is 17.2. The molecule has 1 saturated heterocycles. The van der Waals surface area contributed by atoms with Gasteiger partial charge in [-0.15, -0.1) is 0 Å². The van der Waals surface area contributed by atoms with Gasteiger partial charge in [-0.05, 0) is 25.5 Å². The maximum Gasteiger partial charge on any atom is 0.161 e. The quantitative estimate of drug-likeness (QED) is 0.573. The van der Waals surface area contributed by atoms with Crippen molar-refractivity contribution in [3.63, 3.8) is 0 Å². The molecule has 0 saturated carbocycles. The Hall–Kier alpha value is -3.13. The number of halogens is 2. The summed E-state index contributed by atoms with van der Waals surface area (Å²) in [5.41, 5.74) is 1.42. The van der Waals surface area contributed by atoms with Gasteiger partial charge in [-0.2, -0.15) is 0 Å². The fourth-order valence-corrected chi connectivity index (χ4v) is 4.16. The van der Waals surface area contributed by atoms with E-state index in [0.717, 1.165) is 49.8 Å². The zero-order valence-electron chi connectivity index (χ0n) is 17.2. The standard InChI is InChI=1S/C23H24F2N4O2/c1-31-22-8-3-2-7-16(22)21(14-30)29-9-5-4-6-15(29)12-27-23-13-26-19-10-17(24)18(25)11-20(19)28-23/h2-3,7-8,10-11,13-15,21H,4-6,9,12H2,1H3,(H,27,28)/t15-,21?/m0/s1. The van der Waals surface area contributed by atoms with Gasteiger partial charge in [0.05, 0.1) is 30.4 Å². The fraction of sp³-hybridized carbons (Fsp3) is 0.348. The molecule has 2 aromatic carbocycles. The van der Waals surface area contributed by atoms with Crippen LogP contribution in [0.5, 0.6) is 5.75 Å². The van der Waals surface area contributed by atoms with Crippen LogP contribution in [0.25, 0.3) is 11.0 Å². The van der Waals surface area contributed by atoms with Crippen LogP contribution in [-0.4, -0.2) is 47.4 Å². The Labute approximate surface area is 179 Å². The van der Waals surface area contributed by atoms with Gasteiger partial charge in [-0.25, -0.2) is 13.8 Å². The molecule has 8 heteroatoms. The van der Waals surface area contributed by atoms with Crippen LogP contribution in [0, 0.1) is 11.6 Å². The number of anilines is 1. The lowest BCUT2D eigenvalue weighted by molar-refractivity contribution is -0.114. The summed E-state index contributed by atoms with van der Waals surface area (Å²) in [4.78, 5) is 22.8. The number of fused-ring (bicyclic) bond motifs is 1. The number of hydrogen-bond acceptors (Lipinski definition) is 6. The molecule has 1 N–H and O–H groups in total. The van der Waals surface area contributed by atoms with Crippen molar-refractivity contribution in [3.8, 4) is 5.75 Å². The number of aldehydes is 1. The number of piperidine rings is 1. The molecule has 2 heterocycles. The minimum atomic E-state index is -0.956. The number of carbonyl (C=O) groups excluding carboxylic acids is 1. The average Bonchev–Trinajstić information content (AvgIpc) is 2.80. The number of aromatic nitrogens is 2. The molecule has 162 valence electrons. The summed E-state index contributed by atoms with van der Waals surface area (Å²) in [7, 11) is 1.60. The van der Waals surface area contributed by atoms with Crippen molar-refractivity contribution in [3.05, 3.63) is 59.8 Å². The summed E-state index contributed by atoms with van der Waals surface area (Å²) in [6, 6.07) is 9.31. The highest BCUT2D eigenvalue weighted by Gasteiger charge is 2.31. The highest BCUT2D eigenvalue weighted by atomic mass is 19.2. The van der Waals surface area contributed by atoms with Gasteiger partial charge in [-0.1, -0.05) is 24.6 Å². The van der Waals surface area contributed by atoms with E-state index in [1.54, 1.807) is 7.11 Å². The highest BCUT2D eigenvalue weighted by molar-refractivity contribution is 5.75. The SMILES string of the molecule is COc1ccccc1C(C=O)N1CCCC[C@H]1CNc1cnc2cc(F)c(F)cc2n1. The maximum atomic E-state index is 13.5. The first kappa shape index (κ1) is 21.1. The van der Waals surface area contributed by atoms with Gasteiger partial charge in [0.15, 0.2) is 11.6 Å². The van der Waals surface area contributed by atoms with E-state index in [-0.39, 0.29) is 11.6 Å². The smallest absolute Gasteiger partial charge is 0.161 e. The van der Waals surface area contributed by atoms with Crippen LogP contribution >= 0.6 is 0 Å². The van der Waals surface area contributed by atoms with Crippen molar-refractivity contribution in [1.29, 1.82) is 0 Å². The van der Waals surface area contributed by atoms with Gasteiger partial charge in [-0.3, -0.25) is 9.88 Å². The van der Waals surface area contributed by atoms with Gasteiger partial charge < -0.3 is 14.8 Å². The number of nitrogens with zero attached hydrogens (tertiary/aromatic N) is 3. The van der Waals surface area contributed by atoms with Gasteiger partial charge in [0.2, 0.25) is 0 Å². The van der Waals surface area contributed by atoms with Crippen molar-refractivity contribution < 1.29 is 18.3 Å². The van der Waals surface area contributed by atoms with E-state index in [2.05, 4.69) is 20.2 Å². The molecule has 4 rings (SSSR count). The molecule has 0 aliphatic carbocycles. The number of para-hydroxylation sites is 1. The maximum absolute atomic E-state index is 13.5. The van der Waals surface area contributed by atoms with E-state index in [9.17, 15) is 13.6 Å². The largest absolute Gasteiger partial charge is 0.496 e. The number of carbonyl (C=O) groups is 1. The molecule has 0 radical (unpaired) electrons. The molecule has 3 aromatic rings. The Bertz CT molecular complexity index is 1080. The lowest BCUT2D eigenvalue weighted by atomic mass is 9.96. The fourth-order valence-electron chi connectivity index (χ4n) is 4.16. The van der Waals surface area contributed by atoms with Gasteiger partial charge in [0.1, 0.15) is 17.9 Å². The molecular formula is C23H24F2N4O2. The molecule has 31 heavy (non-hydrogen) atoms. The predicted molar refractivity (Wildman–Crippen MR) is 114 cm³/mol. The van der Waals surface area contributed by atoms with Crippen molar-refractivity contribution in [1.82, 2.24) is 14.9 Å². The third-order valence-corrected chi connectivity index (χ3v) is 5.72. The Balaban J connectivity index is 1.53. The lowest BCUT2D eigenvalue weighted by Gasteiger charge is -2.39. The van der Waals surface area contributed by atoms with E-state index in [0.29, 0.717) is 23.6 Å². The van der Waals surface area contributed by atoms with Crippen LogP contribution < -0.4 is 10.1 Å². The number of benzene rings is 2. The first-order valence-corrected chi connectivity index (χ1v) is 10.3. The van der Waals surface area contributed by atoms with Gasteiger partial charge >= 0.3 is 0 Å². The molecule has 2 atom stereocenters. The van der Waals surface area contributed by atoms with E-state index < -0.39 is 17.7 Å². The van der Waals surface area contributed by atoms with Crippen molar-refractivity contribution in [2.24, 2.45) is 0 Å². The molecule has 1 aromatic heterocycles. The van der Waals surface area contributed by atoms with Crippen LogP contribution in [0.3, 0.4) is 0 Å². The summed E-state index contributed by atoms with van der Waals surface area (Å²) in [5, 5.41) is 3.25. The normalized spacial score (nSPS) is 18.0. The topological polar surface area (TPSA) is 67.3 Å². The highest BCUT2D eigenvalue weighted by Crippen LogP contribution is 2.32. The molecule has 1 unspecified atom stereocenters. The summed E-state index contributed by atoms with van der Waals surface area (Å²) >= 11 is 0. The first-order valence-electron chi connectivity index (χ1n) is 10.3. The van der Waals surface area contributed by atoms with E-state index in [1.165, 1.54) is 6.20 Å². The van der Waals surface area contributed by atoms with Crippen LogP contribution in [0.2, 0.25) is 0 Å². The van der Waals surface area contributed by atoms with Crippen LogP contribution in [-0.2, 0) is 4.79 Å². The van der Waals surface area contributed by atoms with Crippen molar-refractivity contribution in [2.45, 2.75) is 31.3 Å². The molecule has 0 bridgehead atoms. The summed E-state index contributed by atoms with van der Waals surface area (Å²) in [5.74, 6) is -0.741. The Kier molecular flexibility index (Phi) is 6.36. The predicted octanol–water partition coefficient (Wildman–Crippen LogP) is 4.12. The second-order valence-electron chi connectivity index (χ2n) is 7.60. The van der Waals surface area contributed by atoms with Crippen LogP contribution in [0.1, 0.15) is 30.9 Å². The lowest BCUT2D eigenvalue weighted by Crippen LogP contribution is -2.46. The molecule has 1 aliphatic rings. The summed E-state index contributed by atoms with van der Waals surface area (Å²) < 4.78 is 32.4. The summed E-state index contributed by atoms with van der Waals surface area (Å²) in [6.45, 7) is 1.34. The third-order valence-electron chi connectivity index (χ3n) is 5.72. The molecule has 0 amide bonds. The Morgan fingerprint density at radius 2 is 2.00 bits per heavy atom. The van der Waals surface area contributed by atoms with Crippen molar-refractivity contribution in [2.75, 3.05) is 25.5 Å². The van der Waals surface area contributed by atoms with Gasteiger partial charge in [0, 0.05) is 30.3 Å². The second-order valence-corrected chi connectivity index (χ2v) is 7.60. The number of rotatable bonds is 7. The monoisotopic (exact) mass is 426 g/mol. The zero-order chi connectivity index (χ0) is 21.8. The number of likely N-dealkylation sites (tertiary alicyclic amines) is 1. The summed E-state index contributed by atoms with van der Waals surface area (Å²) in [6.07, 6.45) is 5.46. The average molecular weight is 426 g/mol. The van der Waals surface area contributed by atoms with E-state index >= 15 is 0 Å². The molecule has 1 aliphatic heterocycles. The number of ether oxygens (including phenoxy) is 1. The number of nitrogens with one attached hydrogen (secondary N) is 1. The number of methoxy groups -OCH3 is 1. The molecule has 0 spiro atoms. The Morgan fingerprint density at radius 1 is 1.23 bits per heavy atom. The van der Waals surface area contributed by atoms with Crippen LogP contribution in [0.15, 0.2) is 42.6 Å². The second kappa shape index (κ2) is 9.34. The number of hydrogen-bond donors (Lipinski definition) is 1. The first-order chi connectivity index (χ1) is 15.1. The van der Waals surface area contributed by atoms with Crippen molar-refractivity contribution >= 4 is 23.1 Å². The third kappa shape index (κ3) is 4.49. The molecule has 1 fully saturated rings. The molecule has 6 nitrogen and oxygen atoms in total. The minimum Gasteiger partial charge on any atom is -0.496 e.